The molecule has 0 atom stereocenters. The molecular weight excluding hydrogens is 323 g/mol. The Morgan fingerprint density at radius 2 is 1.44 bits per heavy atom. The number of rotatable bonds is 3. The summed E-state index contributed by atoms with van der Waals surface area (Å²) in [4.78, 5) is 28.4. The predicted octanol–water partition coefficient (Wildman–Crippen LogP) is 2.43. The minimum atomic E-state index is -0.370. The highest BCUT2D eigenvalue weighted by atomic mass is 19.1. The summed E-state index contributed by atoms with van der Waals surface area (Å²) in [6, 6.07) is 12.5. The second kappa shape index (κ2) is 7.34. The first-order chi connectivity index (χ1) is 12.1. The largest absolute Gasteiger partial charge is 0.497 e. The van der Waals surface area contributed by atoms with Crippen LogP contribution in [0.15, 0.2) is 48.5 Å². The van der Waals surface area contributed by atoms with Crippen molar-refractivity contribution in [2.75, 3.05) is 33.3 Å². The molecule has 1 aliphatic rings. The van der Waals surface area contributed by atoms with Crippen LogP contribution in [0.2, 0.25) is 0 Å². The normalized spacial score (nSPS) is 14.3. The number of nitrogens with zero attached hydrogens (tertiary/aromatic N) is 2. The Bertz CT molecular complexity index is 768. The molecule has 0 saturated carbocycles. The maximum atomic E-state index is 13.0. The van der Waals surface area contributed by atoms with Crippen LogP contribution in [-0.4, -0.2) is 54.9 Å². The molecule has 6 heteroatoms. The third kappa shape index (κ3) is 3.79. The third-order valence-electron chi connectivity index (χ3n) is 4.26. The van der Waals surface area contributed by atoms with Gasteiger partial charge in [-0.15, -0.1) is 0 Å². The number of amides is 2. The lowest BCUT2D eigenvalue weighted by Crippen LogP contribution is -2.50. The molecule has 0 radical (unpaired) electrons. The molecule has 0 spiro atoms. The van der Waals surface area contributed by atoms with Crippen LogP contribution in [0.1, 0.15) is 20.7 Å². The molecule has 25 heavy (non-hydrogen) atoms. The number of carbonyl (C=O) groups is 2. The van der Waals surface area contributed by atoms with Gasteiger partial charge in [-0.1, -0.05) is 6.07 Å². The number of hydrogen-bond donors (Lipinski definition) is 0. The van der Waals surface area contributed by atoms with Crippen LogP contribution in [0, 0.1) is 5.82 Å². The Labute approximate surface area is 145 Å². The van der Waals surface area contributed by atoms with Gasteiger partial charge in [0.25, 0.3) is 11.8 Å². The summed E-state index contributed by atoms with van der Waals surface area (Å²) in [5.74, 6) is 0.0440. The average molecular weight is 342 g/mol. The van der Waals surface area contributed by atoms with E-state index in [1.165, 1.54) is 24.3 Å². The van der Waals surface area contributed by atoms with Gasteiger partial charge in [-0.3, -0.25) is 9.59 Å². The van der Waals surface area contributed by atoms with Crippen molar-refractivity contribution in [3.63, 3.8) is 0 Å². The van der Waals surface area contributed by atoms with Gasteiger partial charge in [0.2, 0.25) is 0 Å². The monoisotopic (exact) mass is 342 g/mol. The molecule has 2 amide bonds. The number of carbonyl (C=O) groups excluding carboxylic acids is 2. The number of hydrogen-bond acceptors (Lipinski definition) is 3. The molecule has 1 saturated heterocycles. The van der Waals surface area contributed by atoms with Crippen LogP contribution < -0.4 is 4.74 Å². The Kier molecular flexibility index (Phi) is 4.97. The molecule has 1 fully saturated rings. The first kappa shape index (κ1) is 17.0. The predicted molar refractivity (Wildman–Crippen MR) is 91.2 cm³/mol. The van der Waals surface area contributed by atoms with E-state index in [0.29, 0.717) is 43.1 Å². The molecule has 0 bridgehead atoms. The quantitative estimate of drug-likeness (QED) is 0.861. The van der Waals surface area contributed by atoms with Crippen LogP contribution in [0.3, 0.4) is 0 Å². The van der Waals surface area contributed by atoms with Gasteiger partial charge in [0.05, 0.1) is 7.11 Å². The topological polar surface area (TPSA) is 49.9 Å². The lowest BCUT2D eigenvalue weighted by molar-refractivity contribution is 0.0535. The second-order valence-electron chi connectivity index (χ2n) is 5.82. The second-order valence-corrected chi connectivity index (χ2v) is 5.82. The maximum Gasteiger partial charge on any atom is 0.254 e. The smallest absolute Gasteiger partial charge is 0.254 e. The van der Waals surface area contributed by atoms with Crippen molar-refractivity contribution in [2.45, 2.75) is 0 Å². The Morgan fingerprint density at radius 1 is 0.880 bits per heavy atom. The van der Waals surface area contributed by atoms with E-state index < -0.39 is 0 Å². The van der Waals surface area contributed by atoms with Crippen LogP contribution in [-0.2, 0) is 0 Å². The molecule has 130 valence electrons. The fourth-order valence-corrected chi connectivity index (χ4v) is 2.83. The molecule has 2 aromatic rings. The summed E-state index contributed by atoms with van der Waals surface area (Å²) in [6.07, 6.45) is 0. The summed E-state index contributed by atoms with van der Waals surface area (Å²) in [5, 5.41) is 0. The molecule has 1 aliphatic heterocycles. The SMILES string of the molecule is COc1cccc(C(=O)N2CCN(C(=O)c3ccc(F)cc3)CC2)c1. The van der Waals surface area contributed by atoms with Gasteiger partial charge in [-0.05, 0) is 42.5 Å². The standard InChI is InChI=1S/C19H19FN2O3/c1-25-17-4-2-3-15(13-17)19(24)22-11-9-21(10-12-22)18(23)14-5-7-16(20)8-6-14/h2-8,13H,9-12H2,1H3. The fraction of sp³-hybridized carbons (Fsp3) is 0.263. The van der Waals surface area contributed by atoms with E-state index in [-0.39, 0.29) is 17.6 Å². The van der Waals surface area contributed by atoms with E-state index in [4.69, 9.17) is 4.74 Å². The molecule has 0 N–H and O–H groups in total. The van der Waals surface area contributed by atoms with Gasteiger partial charge in [0, 0.05) is 37.3 Å². The van der Waals surface area contributed by atoms with E-state index in [0.717, 1.165) is 0 Å². The number of piperazine rings is 1. The van der Waals surface area contributed by atoms with Gasteiger partial charge >= 0.3 is 0 Å². The number of halogens is 1. The molecule has 1 heterocycles. The summed E-state index contributed by atoms with van der Waals surface area (Å²) in [5.41, 5.74) is 1.02. The highest BCUT2D eigenvalue weighted by Gasteiger charge is 2.25. The highest BCUT2D eigenvalue weighted by molar-refractivity contribution is 5.96. The van der Waals surface area contributed by atoms with Crippen molar-refractivity contribution in [3.05, 3.63) is 65.5 Å². The number of benzene rings is 2. The van der Waals surface area contributed by atoms with E-state index in [9.17, 15) is 14.0 Å². The van der Waals surface area contributed by atoms with Gasteiger partial charge in [0.15, 0.2) is 0 Å². The van der Waals surface area contributed by atoms with Gasteiger partial charge in [-0.2, -0.15) is 0 Å². The van der Waals surface area contributed by atoms with Crippen LogP contribution >= 0.6 is 0 Å². The summed E-state index contributed by atoms with van der Waals surface area (Å²) in [6.45, 7) is 1.82. The first-order valence-corrected chi connectivity index (χ1v) is 8.06. The van der Waals surface area contributed by atoms with Crippen molar-refractivity contribution in [2.24, 2.45) is 0 Å². The first-order valence-electron chi connectivity index (χ1n) is 8.06. The summed E-state index contributed by atoms with van der Waals surface area (Å²) in [7, 11) is 1.56. The molecule has 0 unspecified atom stereocenters. The minimum absolute atomic E-state index is 0.0761. The highest BCUT2D eigenvalue weighted by Crippen LogP contribution is 2.16. The zero-order valence-corrected chi connectivity index (χ0v) is 13.9. The van der Waals surface area contributed by atoms with E-state index in [2.05, 4.69) is 0 Å². The van der Waals surface area contributed by atoms with Crippen LogP contribution in [0.25, 0.3) is 0 Å². The van der Waals surface area contributed by atoms with E-state index in [1.807, 2.05) is 0 Å². The fourth-order valence-electron chi connectivity index (χ4n) is 2.83. The van der Waals surface area contributed by atoms with Gasteiger partial charge in [0.1, 0.15) is 11.6 Å². The van der Waals surface area contributed by atoms with Crippen molar-refractivity contribution >= 4 is 11.8 Å². The molecule has 0 aliphatic carbocycles. The molecule has 3 rings (SSSR count). The minimum Gasteiger partial charge on any atom is -0.497 e. The lowest BCUT2D eigenvalue weighted by Gasteiger charge is -2.35. The molecular formula is C19H19FN2O3. The molecule has 5 nitrogen and oxygen atoms in total. The lowest BCUT2D eigenvalue weighted by atomic mass is 10.1. The Morgan fingerprint density at radius 3 is 2.00 bits per heavy atom. The van der Waals surface area contributed by atoms with Gasteiger partial charge < -0.3 is 14.5 Å². The Hall–Kier alpha value is -2.89. The van der Waals surface area contributed by atoms with E-state index in [1.54, 1.807) is 41.2 Å². The number of ether oxygens (including phenoxy) is 1. The Balaban J connectivity index is 1.62. The van der Waals surface area contributed by atoms with Crippen molar-refractivity contribution in [3.8, 4) is 5.75 Å². The maximum absolute atomic E-state index is 13.0. The van der Waals surface area contributed by atoms with Crippen LogP contribution in [0.5, 0.6) is 5.75 Å². The summed E-state index contributed by atoms with van der Waals surface area (Å²) >= 11 is 0. The molecule has 2 aromatic carbocycles. The molecule has 0 aromatic heterocycles. The van der Waals surface area contributed by atoms with Gasteiger partial charge in [-0.25, -0.2) is 4.39 Å². The third-order valence-corrected chi connectivity index (χ3v) is 4.26. The van der Waals surface area contributed by atoms with Crippen LogP contribution in [0.4, 0.5) is 4.39 Å². The average Bonchev–Trinajstić information content (AvgIpc) is 2.67. The number of methoxy groups -OCH3 is 1. The van der Waals surface area contributed by atoms with Crippen molar-refractivity contribution in [1.29, 1.82) is 0 Å². The zero-order chi connectivity index (χ0) is 17.8. The van der Waals surface area contributed by atoms with Crippen molar-refractivity contribution < 1.29 is 18.7 Å². The zero-order valence-electron chi connectivity index (χ0n) is 13.9. The van der Waals surface area contributed by atoms with Crippen molar-refractivity contribution in [1.82, 2.24) is 9.80 Å². The summed E-state index contributed by atoms with van der Waals surface area (Å²) < 4.78 is 18.1. The van der Waals surface area contributed by atoms with E-state index >= 15 is 0 Å².